The minimum Gasteiger partial charge on any atom is -0.370 e. The fourth-order valence-corrected chi connectivity index (χ4v) is 5.65. The number of H-pyrrole nitrogens is 1. The lowest BCUT2D eigenvalue weighted by molar-refractivity contribution is -0.118. The predicted molar refractivity (Wildman–Crippen MR) is 133 cm³/mol. The zero-order valence-corrected chi connectivity index (χ0v) is 20.1. The molecule has 0 aliphatic heterocycles. The van der Waals surface area contributed by atoms with E-state index in [0.29, 0.717) is 52.4 Å². The van der Waals surface area contributed by atoms with Gasteiger partial charge in [-0.05, 0) is 44.4 Å². The van der Waals surface area contributed by atoms with Gasteiger partial charge in [0.15, 0.2) is 5.16 Å². The van der Waals surface area contributed by atoms with Gasteiger partial charge in [0.05, 0.1) is 22.0 Å². The number of rotatable bonds is 9. The largest absolute Gasteiger partial charge is 0.370 e. The molecule has 4 aromatic rings. The van der Waals surface area contributed by atoms with Crippen molar-refractivity contribution in [2.24, 2.45) is 5.73 Å². The standard InChI is InChI=1S/C23H25N5O3S2/c1-13-14(2)33-21-19(13)20(30)26-18(27-21)12-32-23-25-16-9-6-5-8-15(16)22(31)28(23)11-7-3-4-10-17(24)29/h5-6,8-9H,3-4,7,10-12H2,1-2H3,(H2,24,29)(H,26,27,30). The number of carbonyl (C=O) groups excluding carboxylic acids is 1. The number of benzene rings is 1. The van der Waals surface area contributed by atoms with Crippen molar-refractivity contribution >= 4 is 50.1 Å². The zero-order valence-electron chi connectivity index (χ0n) is 18.5. The number of nitrogens with zero attached hydrogens (tertiary/aromatic N) is 3. The number of hydrogen-bond acceptors (Lipinski definition) is 7. The molecular weight excluding hydrogens is 458 g/mol. The molecule has 1 amide bonds. The lowest BCUT2D eigenvalue weighted by Crippen LogP contribution is -2.23. The Hall–Kier alpha value is -2.98. The summed E-state index contributed by atoms with van der Waals surface area (Å²) in [6.07, 6.45) is 2.55. The summed E-state index contributed by atoms with van der Waals surface area (Å²) in [6.45, 7) is 4.40. The first-order valence-electron chi connectivity index (χ1n) is 10.7. The molecule has 172 valence electrons. The normalized spacial score (nSPS) is 11.5. The lowest BCUT2D eigenvalue weighted by Gasteiger charge is -2.13. The Morgan fingerprint density at radius 1 is 1.15 bits per heavy atom. The molecule has 0 fully saturated rings. The number of aromatic amines is 1. The van der Waals surface area contributed by atoms with Gasteiger partial charge in [-0.2, -0.15) is 0 Å². The molecule has 0 aliphatic rings. The fourth-order valence-electron chi connectivity index (χ4n) is 3.70. The first-order valence-corrected chi connectivity index (χ1v) is 12.5. The maximum absolute atomic E-state index is 13.2. The van der Waals surface area contributed by atoms with E-state index in [9.17, 15) is 14.4 Å². The Bertz CT molecular complexity index is 1450. The number of carbonyl (C=O) groups is 1. The van der Waals surface area contributed by atoms with Crippen LogP contribution >= 0.6 is 23.1 Å². The zero-order chi connectivity index (χ0) is 23.5. The minimum atomic E-state index is -0.314. The molecule has 0 bridgehead atoms. The highest BCUT2D eigenvalue weighted by atomic mass is 32.2. The number of fused-ring (bicyclic) bond motifs is 2. The first kappa shape index (κ1) is 23.2. The Morgan fingerprint density at radius 3 is 2.73 bits per heavy atom. The topological polar surface area (TPSA) is 124 Å². The van der Waals surface area contributed by atoms with Crippen molar-refractivity contribution in [2.75, 3.05) is 0 Å². The van der Waals surface area contributed by atoms with Gasteiger partial charge in [-0.25, -0.2) is 9.97 Å². The van der Waals surface area contributed by atoms with Gasteiger partial charge in [-0.3, -0.25) is 19.0 Å². The number of unbranched alkanes of at least 4 members (excludes halogenated alkanes) is 2. The summed E-state index contributed by atoms with van der Waals surface area (Å²) < 4.78 is 1.67. The summed E-state index contributed by atoms with van der Waals surface area (Å²) in [7, 11) is 0. The van der Waals surface area contributed by atoms with Crippen molar-refractivity contribution in [3.63, 3.8) is 0 Å². The number of para-hydroxylation sites is 1. The molecule has 0 unspecified atom stereocenters. The molecule has 3 aromatic heterocycles. The monoisotopic (exact) mass is 483 g/mol. The molecule has 0 aliphatic carbocycles. The van der Waals surface area contributed by atoms with E-state index in [-0.39, 0.29) is 17.0 Å². The molecule has 10 heteroatoms. The van der Waals surface area contributed by atoms with E-state index in [1.807, 2.05) is 32.0 Å². The fraction of sp³-hybridized carbons (Fsp3) is 0.348. The van der Waals surface area contributed by atoms with Gasteiger partial charge < -0.3 is 10.7 Å². The number of amides is 1. The van der Waals surface area contributed by atoms with Gasteiger partial charge in [-0.1, -0.05) is 30.3 Å². The maximum Gasteiger partial charge on any atom is 0.262 e. The lowest BCUT2D eigenvalue weighted by atomic mass is 10.2. The van der Waals surface area contributed by atoms with Gasteiger partial charge in [-0.15, -0.1) is 11.3 Å². The predicted octanol–water partition coefficient (Wildman–Crippen LogP) is 3.65. The molecule has 0 atom stereocenters. The van der Waals surface area contributed by atoms with Crippen molar-refractivity contribution in [1.82, 2.24) is 19.5 Å². The van der Waals surface area contributed by atoms with Crippen LogP contribution in [0.2, 0.25) is 0 Å². The molecule has 3 heterocycles. The molecular formula is C23H25N5O3S2. The first-order chi connectivity index (χ1) is 15.8. The average molecular weight is 484 g/mol. The Balaban J connectivity index is 1.61. The second kappa shape index (κ2) is 9.88. The smallest absolute Gasteiger partial charge is 0.262 e. The molecule has 33 heavy (non-hydrogen) atoms. The molecule has 0 saturated heterocycles. The van der Waals surface area contributed by atoms with Crippen molar-refractivity contribution in [3.8, 4) is 0 Å². The van der Waals surface area contributed by atoms with Crippen molar-refractivity contribution in [2.45, 2.75) is 57.0 Å². The van der Waals surface area contributed by atoms with Crippen molar-refractivity contribution in [1.29, 1.82) is 0 Å². The highest BCUT2D eigenvalue weighted by molar-refractivity contribution is 7.98. The summed E-state index contributed by atoms with van der Waals surface area (Å²) in [6, 6.07) is 7.27. The van der Waals surface area contributed by atoms with Crippen LogP contribution in [0.25, 0.3) is 21.1 Å². The van der Waals surface area contributed by atoms with E-state index in [2.05, 4.69) is 9.97 Å². The molecule has 0 spiro atoms. The Morgan fingerprint density at radius 2 is 1.94 bits per heavy atom. The van der Waals surface area contributed by atoms with Gasteiger partial charge in [0.2, 0.25) is 5.91 Å². The third-order valence-corrected chi connectivity index (χ3v) is 7.65. The average Bonchev–Trinajstić information content (AvgIpc) is 3.07. The van der Waals surface area contributed by atoms with E-state index >= 15 is 0 Å². The van der Waals surface area contributed by atoms with Crippen LogP contribution in [0.3, 0.4) is 0 Å². The Kier molecular flexibility index (Phi) is 6.94. The van der Waals surface area contributed by atoms with Crippen LogP contribution in [0.5, 0.6) is 0 Å². The molecule has 0 saturated carbocycles. The van der Waals surface area contributed by atoms with Crippen LogP contribution < -0.4 is 16.9 Å². The van der Waals surface area contributed by atoms with Gasteiger partial charge in [0, 0.05) is 17.8 Å². The highest BCUT2D eigenvalue weighted by Gasteiger charge is 2.15. The van der Waals surface area contributed by atoms with E-state index in [4.69, 9.17) is 10.7 Å². The van der Waals surface area contributed by atoms with Crippen LogP contribution in [-0.2, 0) is 17.1 Å². The number of nitrogens with two attached hydrogens (primary N) is 1. The SMILES string of the molecule is Cc1sc2nc(CSc3nc4ccccc4c(=O)n3CCCCCC(N)=O)[nH]c(=O)c2c1C. The van der Waals surface area contributed by atoms with Crippen LogP contribution in [-0.4, -0.2) is 25.4 Å². The van der Waals surface area contributed by atoms with E-state index in [0.717, 1.165) is 28.1 Å². The number of thioether (sulfide) groups is 1. The van der Waals surface area contributed by atoms with Crippen LogP contribution in [0.1, 0.15) is 41.9 Å². The number of aromatic nitrogens is 4. The maximum atomic E-state index is 13.2. The van der Waals surface area contributed by atoms with Crippen LogP contribution in [0.15, 0.2) is 39.0 Å². The third kappa shape index (κ3) is 5.01. The quantitative estimate of drug-likeness (QED) is 0.213. The van der Waals surface area contributed by atoms with Gasteiger partial charge in [0.25, 0.3) is 11.1 Å². The molecule has 4 rings (SSSR count). The summed E-state index contributed by atoms with van der Waals surface area (Å²) in [5.41, 5.74) is 6.57. The number of primary amides is 1. The number of aryl methyl sites for hydroxylation is 2. The second-order valence-electron chi connectivity index (χ2n) is 7.91. The Labute approximate surface area is 198 Å². The van der Waals surface area contributed by atoms with Crippen LogP contribution in [0.4, 0.5) is 0 Å². The third-order valence-electron chi connectivity index (χ3n) is 5.56. The highest BCUT2D eigenvalue weighted by Crippen LogP contribution is 2.27. The molecule has 1 aromatic carbocycles. The molecule has 8 nitrogen and oxygen atoms in total. The summed E-state index contributed by atoms with van der Waals surface area (Å²) >= 11 is 2.89. The molecule has 3 N–H and O–H groups in total. The summed E-state index contributed by atoms with van der Waals surface area (Å²) in [5.74, 6) is 0.618. The second-order valence-corrected chi connectivity index (χ2v) is 10.1. The summed E-state index contributed by atoms with van der Waals surface area (Å²) in [5, 5.41) is 1.79. The minimum absolute atomic E-state index is 0.0978. The number of nitrogens with one attached hydrogen (secondary N) is 1. The summed E-state index contributed by atoms with van der Waals surface area (Å²) in [4.78, 5) is 50.7. The van der Waals surface area contributed by atoms with Crippen molar-refractivity contribution in [3.05, 3.63) is 61.2 Å². The van der Waals surface area contributed by atoms with Gasteiger partial charge >= 0.3 is 0 Å². The van der Waals surface area contributed by atoms with Crippen LogP contribution in [0, 0.1) is 13.8 Å². The van der Waals surface area contributed by atoms with E-state index in [1.165, 1.54) is 23.1 Å². The van der Waals surface area contributed by atoms with Gasteiger partial charge in [0.1, 0.15) is 10.7 Å². The van der Waals surface area contributed by atoms with E-state index < -0.39 is 0 Å². The van der Waals surface area contributed by atoms with E-state index in [1.54, 1.807) is 10.6 Å². The number of thiophene rings is 1. The number of hydrogen-bond donors (Lipinski definition) is 2. The van der Waals surface area contributed by atoms with Crippen molar-refractivity contribution < 1.29 is 4.79 Å². The molecule has 0 radical (unpaired) electrons.